The summed E-state index contributed by atoms with van der Waals surface area (Å²) in [5.41, 5.74) is 1.74. The molecule has 0 fully saturated rings. The lowest BCUT2D eigenvalue weighted by atomic mass is 10.2. The second-order valence-electron chi connectivity index (χ2n) is 5.56. The Morgan fingerprint density at radius 2 is 1.96 bits per heavy atom. The van der Waals surface area contributed by atoms with Crippen LogP contribution in [-0.2, 0) is 0 Å². The summed E-state index contributed by atoms with van der Waals surface area (Å²) in [6, 6.07) is 13.6. The highest BCUT2D eigenvalue weighted by Crippen LogP contribution is 2.29. The molecular weight excluding hydrogens is 358 g/mol. The van der Waals surface area contributed by atoms with Gasteiger partial charge in [-0.15, -0.1) is 18.3 Å². The Balaban J connectivity index is 2.15. The average molecular weight is 384 g/mol. The van der Waals surface area contributed by atoms with Crippen molar-refractivity contribution in [3.8, 4) is 11.5 Å². The standard InChI is InChI=1S/C21H25N3O2S/c1-5-6-13-24(16-27-21-10-8-7-9-19(21)22-2)23-15-17-14-18(25-3)11-12-20(17)26-4/h5,7-12,14-15H,1-2,6,13,16H2,3-4H3/b23-15+. The molecule has 0 aliphatic rings. The van der Waals surface area contributed by atoms with E-state index in [0.717, 1.165) is 40.6 Å². The van der Waals surface area contributed by atoms with Crippen LogP contribution in [0.4, 0.5) is 5.69 Å². The summed E-state index contributed by atoms with van der Waals surface area (Å²) in [5.74, 6) is 2.19. The lowest BCUT2D eigenvalue weighted by molar-refractivity contribution is 0.348. The number of hydrazone groups is 1. The van der Waals surface area contributed by atoms with E-state index < -0.39 is 0 Å². The summed E-state index contributed by atoms with van der Waals surface area (Å²) in [6.07, 6.45) is 4.52. The van der Waals surface area contributed by atoms with Gasteiger partial charge < -0.3 is 9.47 Å². The van der Waals surface area contributed by atoms with Gasteiger partial charge in [0.05, 0.1) is 32.0 Å². The molecule has 0 bridgehead atoms. The summed E-state index contributed by atoms with van der Waals surface area (Å²) in [4.78, 5) is 5.15. The zero-order valence-corrected chi connectivity index (χ0v) is 16.6. The number of thioether (sulfide) groups is 1. The van der Waals surface area contributed by atoms with E-state index in [0.29, 0.717) is 5.88 Å². The number of hydrogen-bond donors (Lipinski definition) is 0. The Morgan fingerprint density at radius 3 is 2.67 bits per heavy atom. The van der Waals surface area contributed by atoms with Gasteiger partial charge in [0.1, 0.15) is 11.5 Å². The molecule has 0 atom stereocenters. The minimum Gasteiger partial charge on any atom is -0.497 e. The van der Waals surface area contributed by atoms with Gasteiger partial charge in [-0.25, -0.2) is 0 Å². The van der Waals surface area contributed by atoms with Crippen molar-refractivity contribution in [2.45, 2.75) is 11.3 Å². The van der Waals surface area contributed by atoms with Gasteiger partial charge in [-0.2, -0.15) is 5.10 Å². The maximum atomic E-state index is 5.41. The number of nitrogens with zero attached hydrogens (tertiary/aromatic N) is 3. The first kappa shape index (κ1) is 20.6. The molecule has 2 rings (SSSR count). The number of para-hydroxylation sites is 1. The minimum absolute atomic E-state index is 0.684. The minimum atomic E-state index is 0.684. The lowest BCUT2D eigenvalue weighted by Crippen LogP contribution is -2.18. The quantitative estimate of drug-likeness (QED) is 0.180. The summed E-state index contributed by atoms with van der Waals surface area (Å²) >= 11 is 1.67. The highest BCUT2D eigenvalue weighted by atomic mass is 32.2. The lowest BCUT2D eigenvalue weighted by Gasteiger charge is -2.18. The molecule has 0 spiro atoms. The van der Waals surface area contributed by atoms with E-state index in [1.807, 2.05) is 53.5 Å². The molecular formula is C21H25N3O2S. The highest BCUT2D eigenvalue weighted by molar-refractivity contribution is 7.99. The van der Waals surface area contributed by atoms with Gasteiger partial charge >= 0.3 is 0 Å². The Hall–Kier alpha value is -2.73. The van der Waals surface area contributed by atoms with Crippen molar-refractivity contribution in [3.05, 3.63) is 60.7 Å². The van der Waals surface area contributed by atoms with Gasteiger partial charge in [0.15, 0.2) is 0 Å². The Bertz CT molecular complexity index is 793. The molecule has 27 heavy (non-hydrogen) atoms. The monoisotopic (exact) mass is 383 g/mol. The van der Waals surface area contributed by atoms with Crippen LogP contribution in [0.15, 0.2) is 70.1 Å². The van der Waals surface area contributed by atoms with Crippen LogP contribution < -0.4 is 9.47 Å². The highest BCUT2D eigenvalue weighted by Gasteiger charge is 2.07. The van der Waals surface area contributed by atoms with Crippen LogP contribution >= 0.6 is 11.8 Å². The largest absolute Gasteiger partial charge is 0.497 e. The maximum absolute atomic E-state index is 5.41. The zero-order chi connectivity index (χ0) is 19.5. The van der Waals surface area contributed by atoms with Gasteiger partial charge in [-0.3, -0.25) is 10.0 Å². The molecule has 2 aromatic carbocycles. The summed E-state index contributed by atoms with van der Waals surface area (Å²) in [7, 11) is 3.28. The number of methoxy groups -OCH3 is 2. The van der Waals surface area contributed by atoms with E-state index >= 15 is 0 Å². The second-order valence-corrected chi connectivity index (χ2v) is 6.55. The molecule has 142 valence electrons. The van der Waals surface area contributed by atoms with Crippen molar-refractivity contribution in [1.29, 1.82) is 0 Å². The normalized spacial score (nSPS) is 10.6. The fourth-order valence-corrected chi connectivity index (χ4v) is 3.27. The first-order valence-electron chi connectivity index (χ1n) is 8.52. The van der Waals surface area contributed by atoms with E-state index in [-0.39, 0.29) is 0 Å². The van der Waals surface area contributed by atoms with Crippen LogP contribution in [0.1, 0.15) is 12.0 Å². The summed E-state index contributed by atoms with van der Waals surface area (Å²) in [6.45, 7) is 8.20. The van der Waals surface area contributed by atoms with Crippen LogP contribution in [0.25, 0.3) is 0 Å². The van der Waals surface area contributed by atoms with Gasteiger partial charge in [0.2, 0.25) is 0 Å². The number of aliphatic imine (C=N–C) groups is 1. The van der Waals surface area contributed by atoms with E-state index in [1.54, 1.807) is 32.2 Å². The number of rotatable bonds is 11. The molecule has 0 heterocycles. The van der Waals surface area contributed by atoms with E-state index in [1.165, 1.54) is 0 Å². The molecule has 0 aliphatic carbocycles. The van der Waals surface area contributed by atoms with Crippen LogP contribution in [0.5, 0.6) is 11.5 Å². The fourth-order valence-electron chi connectivity index (χ4n) is 2.33. The third-order valence-corrected chi connectivity index (χ3v) is 4.88. The van der Waals surface area contributed by atoms with E-state index in [4.69, 9.17) is 9.47 Å². The molecule has 0 N–H and O–H groups in total. The average Bonchev–Trinajstić information content (AvgIpc) is 2.73. The number of benzene rings is 2. The number of hydrogen-bond acceptors (Lipinski definition) is 6. The fraction of sp³-hybridized carbons (Fsp3) is 0.238. The zero-order valence-electron chi connectivity index (χ0n) is 15.8. The molecule has 0 aromatic heterocycles. The molecule has 0 aliphatic heterocycles. The van der Waals surface area contributed by atoms with E-state index in [2.05, 4.69) is 23.4 Å². The van der Waals surface area contributed by atoms with Crippen molar-refractivity contribution in [2.75, 3.05) is 26.6 Å². The molecule has 6 heteroatoms. The molecule has 0 amide bonds. The molecule has 0 unspecified atom stereocenters. The molecule has 5 nitrogen and oxygen atoms in total. The van der Waals surface area contributed by atoms with Crippen LogP contribution in [0.3, 0.4) is 0 Å². The molecule has 2 aromatic rings. The van der Waals surface area contributed by atoms with Crippen molar-refractivity contribution < 1.29 is 9.47 Å². The molecule has 0 saturated heterocycles. The van der Waals surface area contributed by atoms with Gasteiger partial charge in [0, 0.05) is 17.0 Å². The van der Waals surface area contributed by atoms with E-state index in [9.17, 15) is 0 Å². The van der Waals surface area contributed by atoms with Gasteiger partial charge in [0.25, 0.3) is 0 Å². The van der Waals surface area contributed by atoms with Gasteiger partial charge in [-0.1, -0.05) is 18.2 Å². The van der Waals surface area contributed by atoms with Crippen molar-refractivity contribution >= 4 is 30.4 Å². The smallest absolute Gasteiger partial charge is 0.127 e. The predicted octanol–water partition coefficient (Wildman–Crippen LogP) is 5.00. The maximum Gasteiger partial charge on any atom is 0.127 e. The van der Waals surface area contributed by atoms with Crippen molar-refractivity contribution in [3.63, 3.8) is 0 Å². The first-order valence-corrected chi connectivity index (χ1v) is 9.50. The Labute approximate surface area is 165 Å². The Morgan fingerprint density at radius 1 is 1.15 bits per heavy atom. The summed E-state index contributed by atoms with van der Waals surface area (Å²) < 4.78 is 10.7. The third-order valence-electron chi connectivity index (χ3n) is 3.79. The topological polar surface area (TPSA) is 46.4 Å². The predicted molar refractivity (Wildman–Crippen MR) is 115 cm³/mol. The molecule has 0 radical (unpaired) electrons. The molecule has 0 saturated carbocycles. The number of ether oxygens (including phenoxy) is 2. The van der Waals surface area contributed by atoms with Crippen molar-refractivity contribution in [2.24, 2.45) is 10.1 Å². The van der Waals surface area contributed by atoms with Crippen molar-refractivity contribution in [1.82, 2.24) is 5.01 Å². The Kier molecular flexibility index (Phi) is 8.45. The SMILES string of the molecule is C=CCCN(CSc1ccccc1N=C)/N=C/c1cc(OC)ccc1OC. The van der Waals surface area contributed by atoms with Gasteiger partial charge in [-0.05, 0) is 43.5 Å². The van der Waals surface area contributed by atoms with Crippen LogP contribution in [0.2, 0.25) is 0 Å². The van der Waals surface area contributed by atoms with Crippen LogP contribution in [0, 0.1) is 0 Å². The summed E-state index contributed by atoms with van der Waals surface area (Å²) in [5, 5.41) is 6.64. The van der Waals surface area contributed by atoms with Crippen LogP contribution in [-0.4, -0.2) is 44.6 Å². The third kappa shape index (κ3) is 6.18. The first-order chi connectivity index (χ1) is 13.2. The second kappa shape index (κ2) is 11.1.